The minimum Gasteiger partial charge on any atom is -0.394 e. The van der Waals surface area contributed by atoms with Crippen molar-refractivity contribution < 1.29 is 15.0 Å². The zero-order valence-corrected chi connectivity index (χ0v) is 34.4. The number of allylic oxidation sites excluding steroid dienone is 5. The van der Waals surface area contributed by atoms with Crippen molar-refractivity contribution in [1.82, 2.24) is 5.32 Å². The van der Waals surface area contributed by atoms with Crippen molar-refractivity contribution in [3.05, 3.63) is 36.5 Å². The van der Waals surface area contributed by atoms with Crippen LogP contribution in [0.1, 0.15) is 239 Å². The maximum atomic E-state index is 12.3. The topological polar surface area (TPSA) is 69.6 Å². The Kier molecular flexibility index (Phi) is 41.8. The van der Waals surface area contributed by atoms with E-state index < -0.39 is 12.1 Å². The molecular weight excluding hydrogens is 627 g/mol. The fraction of sp³-hybridized carbons (Fsp3) is 0.851. The third-order valence-corrected chi connectivity index (χ3v) is 10.3. The summed E-state index contributed by atoms with van der Waals surface area (Å²) in [5.41, 5.74) is 0. The molecule has 3 N–H and O–H groups in total. The van der Waals surface area contributed by atoms with Gasteiger partial charge in [0.05, 0.1) is 18.8 Å². The highest BCUT2D eigenvalue weighted by atomic mass is 16.3. The first-order valence-electron chi connectivity index (χ1n) is 22.7. The molecule has 0 aromatic rings. The van der Waals surface area contributed by atoms with E-state index in [1.807, 2.05) is 6.08 Å². The number of aliphatic hydroxyl groups excluding tert-OH is 2. The highest BCUT2D eigenvalue weighted by Gasteiger charge is 2.17. The van der Waals surface area contributed by atoms with Gasteiger partial charge in [-0.15, -0.1) is 0 Å². The van der Waals surface area contributed by atoms with E-state index in [1.54, 1.807) is 6.08 Å². The number of nitrogens with one attached hydrogen (secondary N) is 1. The molecular formula is C47H89NO3. The van der Waals surface area contributed by atoms with E-state index in [1.165, 1.54) is 186 Å². The molecule has 1 amide bonds. The normalized spacial score (nSPS) is 13.3. The Morgan fingerprint density at radius 2 is 0.784 bits per heavy atom. The van der Waals surface area contributed by atoms with Crippen molar-refractivity contribution in [1.29, 1.82) is 0 Å². The van der Waals surface area contributed by atoms with Crippen molar-refractivity contribution in [3.63, 3.8) is 0 Å². The van der Waals surface area contributed by atoms with Crippen LogP contribution in [-0.2, 0) is 4.79 Å². The molecule has 0 saturated heterocycles. The van der Waals surface area contributed by atoms with Gasteiger partial charge in [-0.2, -0.15) is 0 Å². The van der Waals surface area contributed by atoms with Gasteiger partial charge in [0.2, 0.25) is 5.91 Å². The van der Waals surface area contributed by atoms with Gasteiger partial charge in [-0.05, 0) is 51.4 Å². The first kappa shape index (κ1) is 49.6. The van der Waals surface area contributed by atoms with Crippen molar-refractivity contribution >= 4 is 5.91 Å². The number of carbonyl (C=O) groups excluding carboxylic acids is 1. The second kappa shape index (κ2) is 43.0. The van der Waals surface area contributed by atoms with Crippen LogP contribution < -0.4 is 5.32 Å². The molecule has 0 aliphatic carbocycles. The monoisotopic (exact) mass is 716 g/mol. The molecule has 300 valence electrons. The maximum absolute atomic E-state index is 12.3. The molecule has 0 aromatic heterocycles. The molecule has 0 rings (SSSR count). The maximum Gasteiger partial charge on any atom is 0.220 e. The standard InChI is InChI=1S/C47H89NO3/c1-3-5-7-9-11-13-14-15-16-17-18-19-20-21-22-23-24-25-26-27-28-29-30-31-32-33-34-35-37-39-41-43-47(51)48-45(44-49)46(50)42-40-38-36-12-10-8-6-4-2/h10,12,17-18,40,42,45-46,49-50H,3-9,11,13-16,19-39,41,43-44H2,1-2H3,(H,48,51)/b12-10+,18-17-,42-40+. The molecule has 0 aromatic carbocycles. The van der Waals surface area contributed by atoms with Gasteiger partial charge < -0.3 is 15.5 Å². The lowest BCUT2D eigenvalue weighted by Crippen LogP contribution is -2.45. The molecule has 51 heavy (non-hydrogen) atoms. The van der Waals surface area contributed by atoms with E-state index in [2.05, 4.69) is 43.5 Å². The van der Waals surface area contributed by atoms with Gasteiger partial charge in [0.15, 0.2) is 0 Å². The summed E-state index contributed by atoms with van der Waals surface area (Å²) >= 11 is 0. The van der Waals surface area contributed by atoms with Crippen LogP contribution in [-0.4, -0.2) is 34.9 Å². The third-order valence-electron chi connectivity index (χ3n) is 10.3. The van der Waals surface area contributed by atoms with Crippen LogP contribution in [0.5, 0.6) is 0 Å². The highest BCUT2D eigenvalue weighted by molar-refractivity contribution is 5.76. The van der Waals surface area contributed by atoms with Gasteiger partial charge in [-0.25, -0.2) is 0 Å². The van der Waals surface area contributed by atoms with E-state index in [4.69, 9.17) is 0 Å². The molecule has 0 radical (unpaired) electrons. The van der Waals surface area contributed by atoms with Gasteiger partial charge >= 0.3 is 0 Å². The van der Waals surface area contributed by atoms with Gasteiger partial charge in [-0.3, -0.25) is 4.79 Å². The molecule has 0 aliphatic heterocycles. The number of amides is 1. The summed E-state index contributed by atoms with van der Waals surface area (Å²) in [6, 6.07) is -0.634. The number of carbonyl (C=O) groups is 1. The lowest BCUT2D eigenvalue weighted by atomic mass is 10.0. The Bertz CT molecular complexity index is 775. The predicted octanol–water partition coefficient (Wildman–Crippen LogP) is 14.2. The second-order valence-corrected chi connectivity index (χ2v) is 15.5. The molecule has 0 spiro atoms. The van der Waals surface area contributed by atoms with Crippen LogP contribution in [0, 0.1) is 0 Å². The molecule has 2 atom stereocenters. The predicted molar refractivity (Wildman–Crippen MR) is 225 cm³/mol. The van der Waals surface area contributed by atoms with Crippen LogP contribution in [0.25, 0.3) is 0 Å². The lowest BCUT2D eigenvalue weighted by Gasteiger charge is -2.19. The number of unbranched alkanes of at least 4 members (excludes halogenated alkanes) is 30. The van der Waals surface area contributed by atoms with E-state index in [0.717, 1.165) is 32.1 Å². The summed E-state index contributed by atoms with van der Waals surface area (Å²) in [4.78, 5) is 12.3. The summed E-state index contributed by atoms with van der Waals surface area (Å²) in [5.74, 6) is -0.0752. The molecule has 0 heterocycles. The summed E-state index contributed by atoms with van der Waals surface area (Å²) in [6.07, 6.45) is 57.2. The Hall–Kier alpha value is -1.39. The Morgan fingerprint density at radius 1 is 0.451 bits per heavy atom. The smallest absolute Gasteiger partial charge is 0.220 e. The minimum absolute atomic E-state index is 0.0752. The third kappa shape index (κ3) is 39.6. The van der Waals surface area contributed by atoms with Crippen LogP contribution in [0.3, 0.4) is 0 Å². The van der Waals surface area contributed by atoms with Crippen molar-refractivity contribution in [2.45, 2.75) is 251 Å². The van der Waals surface area contributed by atoms with Gasteiger partial charge in [0.1, 0.15) is 0 Å². The first-order valence-corrected chi connectivity index (χ1v) is 22.7. The number of hydrogen-bond donors (Lipinski definition) is 3. The van der Waals surface area contributed by atoms with E-state index in [-0.39, 0.29) is 12.5 Å². The Balaban J connectivity index is 3.39. The molecule has 0 fully saturated rings. The molecule has 4 heteroatoms. The second-order valence-electron chi connectivity index (χ2n) is 15.5. The number of rotatable bonds is 41. The average Bonchev–Trinajstić information content (AvgIpc) is 3.13. The Labute approximate surface area is 319 Å². The number of aliphatic hydroxyl groups is 2. The molecule has 4 nitrogen and oxygen atoms in total. The van der Waals surface area contributed by atoms with Crippen molar-refractivity contribution in [2.75, 3.05) is 6.61 Å². The summed E-state index contributed by atoms with van der Waals surface area (Å²) in [6.45, 7) is 4.23. The molecule has 2 unspecified atom stereocenters. The summed E-state index contributed by atoms with van der Waals surface area (Å²) in [5, 5.41) is 22.8. The van der Waals surface area contributed by atoms with Crippen molar-refractivity contribution in [2.24, 2.45) is 0 Å². The molecule has 0 saturated carbocycles. The van der Waals surface area contributed by atoms with E-state index >= 15 is 0 Å². The molecule has 0 aliphatic rings. The molecule has 0 bridgehead atoms. The van der Waals surface area contributed by atoms with Crippen LogP contribution >= 0.6 is 0 Å². The van der Waals surface area contributed by atoms with Crippen LogP contribution in [0.4, 0.5) is 0 Å². The van der Waals surface area contributed by atoms with Crippen molar-refractivity contribution in [3.8, 4) is 0 Å². The van der Waals surface area contributed by atoms with Crippen LogP contribution in [0.2, 0.25) is 0 Å². The van der Waals surface area contributed by atoms with E-state index in [9.17, 15) is 15.0 Å². The Morgan fingerprint density at radius 3 is 1.20 bits per heavy atom. The lowest BCUT2D eigenvalue weighted by molar-refractivity contribution is -0.123. The number of hydrogen-bond acceptors (Lipinski definition) is 3. The van der Waals surface area contributed by atoms with Gasteiger partial charge in [-0.1, -0.05) is 217 Å². The van der Waals surface area contributed by atoms with Gasteiger partial charge in [0, 0.05) is 6.42 Å². The SMILES string of the molecule is CCCC/C=C/CC/C=C/C(O)C(CO)NC(=O)CCCCCCCCCCCCCCCCCCCCC/C=C\CCCCCCCCCC. The fourth-order valence-electron chi connectivity index (χ4n) is 6.82. The zero-order valence-electron chi connectivity index (χ0n) is 34.4. The van der Waals surface area contributed by atoms with E-state index in [0.29, 0.717) is 6.42 Å². The minimum atomic E-state index is -0.857. The first-order chi connectivity index (χ1) is 25.2. The largest absolute Gasteiger partial charge is 0.394 e. The van der Waals surface area contributed by atoms with Crippen LogP contribution in [0.15, 0.2) is 36.5 Å². The quantitative estimate of drug-likeness (QED) is 0.0436. The fourth-order valence-corrected chi connectivity index (χ4v) is 6.82. The summed E-state index contributed by atoms with van der Waals surface area (Å²) < 4.78 is 0. The zero-order chi connectivity index (χ0) is 37.1. The average molecular weight is 716 g/mol. The summed E-state index contributed by atoms with van der Waals surface area (Å²) in [7, 11) is 0. The highest BCUT2D eigenvalue weighted by Crippen LogP contribution is 2.16. The van der Waals surface area contributed by atoms with Gasteiger partial charge in [0.25, 0.3) is 0 Å².